The lowest BCUT2D eigenvalue weighted by Gasteiger charge is -2.32. The number of likely N-dealkylation sites (tertiary alicyclic amines) is 1. The molecule has 1 saturated carbocycles. The second kappa shape index (κ2) is 11.8. The SMILES string of the molecule is O=C(NO)c1ccc(CSNCCN2CCC(CNC3CC3c3ccccc3)CC2)cc1. The molecule has 2 fully saturated rings. The molecule has 7 heteroatoms. The Kier molecular flexibility index (Phi) is 8.59. The Hall–Kier alpha value is -1.90. The van der Waals surface area contributed by atoms with E-state index in [9.17, 15) is 4.79 Å². The van der Waals surface area contributed by atoms with Crippen molar-refractivity contribution in [1.82, 2.24) is 20.4 Å². The highest BCUT2D eigenvalue weighted by Gasteiger charge is 2.38. The third kappa shape index (κ3) is 6.80. The van der Waals surface area contributed by atoms with E-state index in [1.807, 2.05) is 12.1 Å². The van der Waals surface area contributed by atoms with Gasteiger partial charge < -0.3 is 10.2 Å². The second-order valence-electron chi connectivity index (χ2n) is 8.87. The van der Waals surface area contributed by atoms with E-state index in [-0.39, 0.29) is 0 Å². The Balaban J connectivity index is 1.03. The fraction of sp³-hybridized carbons (Fsp3) is 0.480. The largest absolute Gasteiger partial charge is 0.313 e. The number of hydrogen-bond acceptors (Lipinski definition) is 6. The van der Waals surface area contributed by atoms with Gasteiger partial charge in [0.25, 0.3) is 5.91 Å². The number of nitrogens with zero attached hydrogens (tertiary/aromatic N) is 1. The number of piperidine rings is 1. The van der Waals surface area contributed by atoms with Crippen LogP contribution in [0.4, 0.5) is 0 Å². The lowest BCUT2D eigenvalue weighted by molar-refractivity contribution is 0.0706. The summed E-state index contributed by atoms with van der Waals surface area (Å²) in [5.74, 6) is 1.89. The van der Waals surface area contributed by atoms with Gasteiger partial charge in [-0.3, -0.25) is 14.7 Å². The predicted octanol–water partition coefficient (Wildman–Crippen LogP) is 3.40. The maximum Gasteiger partial charge on any atom is 0.274 e. The van der Waals surface area contributed by atoms with Gasteiger partial charge in [-0.2, -0.15) is 0 Å². The van der Waals surface area contributed by atoms with Crippen molar-refractivity contribution in [3.8, 4) is 0 Å². The van der Waals surface area contributed by atoms with Gasteiger partial charge in [-0.1, -0.05) is 54.4 Å². The van der Waals surface area contributed by atoms with E-state index in [4.69, 9.17) is 5.21 Å². The van der Waals surface area contributed by atoms with E-state index in [1.54, 1.807) is 29.6 Å². The van der Waals surface area contributed by atoms with Gasteiger partial charge in [0.2, 0.25) is 0 Å². The van der Waals surface area contributed by atoms with Crippen LogP contribution in [0, 0.1) is 5.92 Å². The highest BCUT2D eigenvalue weighted by atomic mass is 32.2. The average molecular weight is 455 g/mol. The van der Waals surface area contributed by atoms with E-state index in [2.05, 4.69) is 45.3 Å². The molecule has 0 radical (unpaired) electrons. The molecule has 4 rings (SSSR count). The lowest BCUT2D eigenvalue weighted by Crippen LogP contribution is -2.40. The molecule has 1 aliphatic heterocycles. The van der Waals surface area contributed by atoms with Crippen molar-refractivity contribution in [2.24, 2.45) is 5.92 Å². The molecule has 0 bridgehead atoms. The molecule has 32 heavy (non-hydrogen) atoms. The van der Waals surface area contributed by atoms with Crippen molar-refractivity contribution in [1.29, 1.82) is 0 Å². The zero-order valence-electron chi connectivity index (χ0n) is 18.5. The van der Waals surface area contributed by atoms with E-state index < -0.39 is 5.91 Å². The van der Waals surface area contributed by atoms with Crippen LogP contribution in [0.15, 0.2) is 54.6 Å². The van der Waals surface area contributed by atoms with Gasteiger partial charge in [0.05, 0.1) is 0 Å². The number of amides is 1. The molecule has 2 atom stereocenters. The van der Waals surface area contributed by atoms with Gasteiger partial charge in [0, 0.05) is 36.4 Å². The first kappa shape index (κ1) is 23.3. The van der Waals surface area contributed by atoms with Crippen molar-refractivity contribution >= 4 is 17.9 Å². The molecule has 2 aromatic carbocycles. The molecule has 6 nitrogen and oxygen atoms in total. The molecule has 2 unspecified atom stereocenters. The third-order valence-corrected chi connectivity index (χ3v) is 7.47. The van der Waals surface area contributed by atoms with Crippen LogP contribution in [0.5, 0.6) is 0 Å². The Morgan fingerprint density at radius 2 is 1.81 bits per heavy atom. The van der Waals surface area contributed by atoms with Gasteiger partial charge in [-0.25, -0.2) is 5.48 Å². The van der Waals surface area contributed by atoms with Gasteiger partial charge in [-0.15, -0.1) is 0 Å². The first-order valence-corrected chi connectivity index (χ1v) is 12.6. The summed E-state index contributed by atoms with van der Waals surface area (Å²) in [5, 5.41) is 12.5. The number of hydrogen-bond donors (Lipinski definition) is 4. The summed E-state index contributed by atoms with van der Waals surface area (Å²) in [6.45, 7) is 5.61. The van der Waals surface area contributed by atoms with Crippen LogP contribution in [-0.4, -0.2) is 54.8 Å². The zero-order valence-corrected chi connectivity index (χ0v) is 19.3. The standard InChI is InChI=1S/C25H34N4O2S/c30-25(28-31)22-8-6-20(7-9-22)18-32-27-12-15-29-13-10-19(11-14-29)17-26-24-16-23(24)21-4-2-1-3-5-21/h1-9,19,23-24,26-27,31H,10-18H2,(H,28,30). The number of nitrogens with one attached hydrogen (secondary N) is 3. The van der Waals surface area contributed by atoms with E-state index in [0.717, 1.165) is 42.8 Å². The zero-order chi connectivity index (χ0) is 22.2. The van der Waals surface area contributed by atoms with Gasteiger partial charge in [-0.05, 0) is 68.1 Å². The van der Waals surface area contributed by atoms with Crippen molar-refractivity contribution < 1.29 is 10.0 Å². The molecular formula is C25H34N4O2S. The van der Waals surface area contributed by atoms with Crippen molar-refractivity contribution in [3.05, 3.63) is 71.3 Å². The van der Waals surface area contributed by atoms with Crippen LogP contribution >= 0.6 is 11.9 Å². The Bertz CT molecular complexity index is 841. The number of carbonyl (C=O) groups is 1. The third-order valence-electron chi connectivity index (χ3n) is 6.58. The van der Waals surface area contributed by atoms with Gasteiger partial charge in [0.15, 0.2) is 0 Å². The van der Waals surface area contributed by atoms with E-state index >= 15 is 0 Å². The highest BCUT2D eigenvalue weighted by molar-refractivity contribution is 7.96. The van der Waals surface area contributed by atoms with Crippen molar-refractivity contribution in [3.63, 3.8) is 0 Å². The molecule has 1 heterocycles. The maximum absolute atomic E-state index is 11.3. The summed E-state index contributed by atoms with van der Waals surface area (Å²) in [6.07, 6.45) is 3.86. The van der Waals surface area contributed by atoms with Crippen LogP contribution in [0.3, 0.4) is 0 Å². The minimum Gasteiger partial charge on any atom is -0.313 e. The second-order valence-corrected chi connectivity index (χ2v) is 9.74. The summed E-state index contributed by atoms with van der Waals surface area (Å²) in [5.41, 5.74) is 4.74. The Morgan fingerprint density at radius 1 is 1.06 bits per heavy atom. The fourth-order valence-corrected chi connectivity index (χ4v) is 5.15. The van der Waals surface area contributed by atoms with Crippen LogP contribution in [0.1, 0.15) is 46.7 Å². The summed E-state index contributed by atoms with van der Waals surface area (Å²) < 4.78 is 3.45. The van der Waals surface area contributed by atoms with Gasteiger partial charge >= 0.3 is 0 Å². The monoisotopic (exact) mass is 454 g/mol. The molecule has 172 valence electrons. The molecule has 1 amide bonds. The summed E-state index contributed by atoms with van der Waals surface area (Å²) in [6, 6.07) is 18.9. The smallest absolute Gasteiger partial charge is 0.274 e. The normalized spacial score (nSPS) is 21.4. The molecular weight excluding hydrogens is 420 g/mol. The first-order chi connectivity index (χ1) is 15.7. The minimum absolute atomic E-state index is 0.459. The molecule has 4 N–H and O–H groups in total. The van der Waals surface area contributed by atoms with Crippen LogP contribution in [0.25, 0.3) is 0 Å². The quantitative estimate of drug-likeness (QED) is 0.180. The average Bonchev–Trinajstić information content (AvgIpc) is 3.63. The molecule has 2 aromatic rings. The van der Waals surface area contributed by atoms with Crippen LogP contribution in [0.2, 0.25) is 0 Å². The first-order valence-electron chi connectivity index (χ1n) is 11.6. The highest BCUT2D eigenvalue weighted by Crippen LogP contribution is 2.40. The van der Waals surface area contributed by atoms with E-state index in [1.165, 1.54) is 37.9 Å². The minimum atomic E-state index is -0.481. The number of hydroxylamine groups is 1. The topological polar surface area (TPSA) is 76.6 Å². The summed E-state index contributed by atoms with van der Waals surface area (Å²) in [7, 11) is 0. The van der Waals surface area contributed by atoms with Crippen molar-refractivity contribution in [2.75, 3.05) is 32.7 Å². The molecule has 0 spiro atoms. The van der Waals surface area contributed by atoms with E-state index in [0.29, 0.717) is 11.6 Å². The van der Waals surface area contributed by atoms with Gasteiger partial charge in [0.1, 0.15) is 0 Å². The number of benzene rings is 2. The maximum atomic E-state index is 11.3. The number of carbonyl (C=O) groups excluding carboxylic acids is 1. The molecule has 1 saturated heterocycles. The summed E-state index contributed by atoms with van der Waals surface area (Å²) >= 11 is 1.70. The van der Waals surface area contributed by atoms with Crippen LogP contribution in [-0.2, 0) is 5.75 Å². The van der Waals surface area contributed by atoms with Crippen molar-refractivity contribution in [2.45, 2.75) is 37.0 Å². The molecule has 2 aliphatic rings. The lowest BCUT2D eigenvalue weighted by atomic mass is 9.96. The Labute approximate surface area is 195 Å². The Morgan fingerprint density at radius 3 is 2.53 bits per heavy atom. The molecule has 0 aromatic heterocycles. The number of rotatable bonds is 11. The molecule has 1 aliphatic carbocycles. The van der Waals surface area contributed by atoms with Crippen LogP contribution < -0.4 is 15.5 Å². The predicted molar refractivity (Wildman–Crippen MR) is 130 cm³/mol. The fourth-order valence-electron chi connectivity index (χ4n) is 4.45. The summed E-state index contributed by atoms with van der Waals surface area (Å²) in [4.78, 5) is 13.9.